The highest BCUT2D eigenvalue weighted by molar-refractivity contribution is 5.69. The summed E-state index contributed by atoms with van der Waals surface area (Å²) in [5.74, 6) is 0. The molecule has 0 saturated heterocycles. The lowest BCUT2D eigenvalue weighted by Crippen LogP contribution is -2.13. The largest absolute Gasteiger partial charge is 0.237 e. The van der Waals surface area contributed by atoms with E-state index in [9.17, 15) is 0 Å². The lowest BCUT2D eigenvalue weighted by Gasteiger charge is -2.15. The predicted octanol–water partition coefficient (Wildman–Crippen LogP) is 2.26. The summed E-state index contributed by atoms with van der Waals surface area (Å²) in [6.45, 7) is 3.81. The number of nitriles is 1. The topological polar surface area (TPSA) is 37.9 Å². The molecular weight excluding hydrogens is 184 g/mol. The summed E-state index contributed by atoms with van der Waals surface area (Å²) in [5.41, 5.74) is 4.55. The quantitative estimate of drug-likeness (QED) is 0.680. The van der Waals surface area contributed by atoms with Gasteiger partial charge in [0.25, 0.3) is 0 Å². The van der Waals surface area contributed by atoms with Crippen LogP contribution in [0.5, 0.6) is 0 Å². The Morgan fingerprint density at radius 1 is 1.40 bits per heavy atom. The Kier molecular flexibility index (Phi) is 2.84. The number of hydrogen-bond donors (Lipinski definition) is 0. The van der Waals surface area contributed by atoms with Crippen molar-refractivity contribution in [3.8, 4) is 6.07 Å². The molecular formula is C13H13N2. The van der Waals surface area contributed by atoms with Crippen LogP contribution in [0.2, 0.25) is 0 Å². The second-order valence-corrected chi connectivity index (χ2v) is 3.75. The Bertz CT molecular complexity index is 438. The fourth-order valence-electron chi connectivity index (χ4n) is 1.91. The lowest BCUT2D eigenvalue weighted by molar-refractivity contribution is 0.723. The molecule has 0 N–H and O–H groups in total. The molecule has 0 aliphatic carbocycles. The zero-order valence-electron chi connectivity index (χ0n) is 8.83. The van der Waals surface area contributed by atoms with Crippen LogP contribution in [-0.4, -0.2) is 13.1 Å². The van der Waals surface area contributed by atoms with Crippen LogP contribution in [0.4, 0.5) is 0 Å². The highest BCUT2D eigenvalue weighted by Gasteiger charge is 2.08. The van der Waals surface area contributed by atoms with Crippen LogP contribution in [0.15, 0.2) is 24.3 Å². The standard InChI is InChI=1S/C13H13N2/c1-10-8-11(9-14)2-3-13(10)12-4-6-15-7-5-12/h2-4,8H,5-7H2,1H3. The van der Waals surface area contributed by atoms with Gasteiger partial charge in [-0.3, -0.25) is 0 Å². The number of benzene rings is 1. The molecule has 0 aromatic heterocycles. The van der Waals surface area contributed by atoms with E-state index in [0.29, 0.717) is 0 Å². The van der Waals surface area contributed by atoms with Gasteiger partial charge in [0.05, 0.1) is 11.6 Å². The fourth-order valence-corrected chi connectivity index (χ4v) is 1.91. The van der Waals surface area contributed by atoms with Gasteiger partial charge in [-0.2, -0.15) is 5.26 Å². The molecule has 1 heterocycles. The van der Waals surface area contributed by atoms with Crippen LogP contribution in [0.3, 0.4) is 0 Å². The van der Waals surface area contributed by atoms with Crippen molar-refractivity contribution in [1.82, 2.24) is 5.32 Å². The zero-order valence-corrected chi connectivity index (χ0v) is 8.83. The first-order valence-corrected chi connectivity index (χ1v) is 5.14. The van der Waals surface area contributed by atoms with Gasteiger partial charge in [0.15, 0.2) is 0 Å². The number of aryl methyl sites for hydroxylation is 1. The Labute approximate surface area is 90.2 Å². The van der Waals surface area contributed by atoms with Crippen molar-refractivity contribution < 1.29 is 0 Å². The first-order valence-electron chi connectivity index (χ1n) is 5.14. The molecule has 0 amide bonds. The van der Waals surface area contributed by atoms with E-state index in [2.05, 4.69) is 24.4 Å². The van der Waals surface area contributed by atoms with E-state index < -0.39 is 0 Å². The van der Waals surface area contributed by atoms with E-state index in [-0.39, 0.29) is 0 Å². The summed E-state index contributed by atoms with van der Waals surface area (Å²) >= 11 is 0. The maximum absolute atomic E-state index is 8.78. The lowest BCUT2D eigenvalue weighted by atomic mass is 9.95. The van der Waals surface area contributed by atoms with Crippen LogP contribution in [-0.2, 0) is 0 Å². The van der Waals surface area contributed by atoms with Crippen LogP contribution < -0.4 is 5.32 Å². The predicted molar refractivity (Wildman–Crippen MR) is 60.4 cm³/mol. The molecule has 1 aromatic rings. The van der Waals surface area contributed by atoms with Crippen LogP contribution in [0.25, 0.3) is 5.57 Å². The molecule has 2 rings (SSSR count). The van der Waals surface area contributed by atoms with Crippen LogP contribution >= 0.6 is 0 Å². The molecule has 2 nitrogen and oxygen atoms in total. The monoisotopic (exact) mass is 197 g/mol. The molecule has 1 aromatic carbocycles. The van der Waals surface area contributed by atoms with Gasteiger partial charge in [-0.15, -0.1) is 0 Å². The first-order chi connectivity index (χ1) is 7.31. The third-order valence-corrected chi connectivity index (χ3v) is 2.71. The summed E-state index contributed by atoms with van der Waals surface area (Å²) in [7, 11) is 0. The van der Waals surface area contributed by atoms with Crippen molar-refractivity contribution in [2.24, 2.45) is 0 Å². The van der Waals surface area contributed by atoms with Gasteiger partial charge in [-0.1, -0.05) is 12.1 Å². The summed E-state index contributed by atoms with van der Waals surface area (Å²) in [6, 6.07) is 8.04. The minimum absolute atomic E-state index is 0.734. The minimum atomic E-state index is 0.734. The zero-order chi connectivity index (χ0) is 10.7. The van der Waals surface area contributed by atoms with Gasteiger partial charge in [0.1, 0.15) is 0 Å². The molecule has 0 unspecified atom stereocenters. The number of nitrogens with zero attached hydrogens (tertiary/aromatic N) is 2. The smallest absolute Gasteiger partial charge is 0.0991 e. The molecule has 0 bridgehead atoms. The summed E-state index contributed by atoms with van der Waals surface area (Å²) < 4.78 is 0. The molecule has 1 radical (unpaired) electrons. The molecule has 0 atom stereocenters. The highest BCUT2D eigenvalue weighted by atomic mass is 14.8. The van der Waals surface area contributed by atoms with Crippen molar-refractivity contribution in [3.63, 3.8) is 0 Å². The molecule has 1 aliphatic rings. The van der Waals surface area contributed by atoms with Gasteiger partial charge in [-0.25, -0.2) is 5.32 Å². The van der Waals surface area contributed by atoms with Gasteiger partial charge in [0, 0.05) is 13.1 Å². The summed E-state index contributed by atoms with van der Waals surface area (Å²) in [5, 5.41) is 13.1. The van der Waals surface area contributed by atoms with Crippen molar-refractivity contribution in [1.29, 1.82) is 5.26 Å². The van der Waals surface area contributed by atoms with E-state index in [4.69, 9.17) is 5.26 Å². The van der Waals surface area contributed by atoms with E-state index in [1.807, 2.05) is 18.2 Å². The Balaban J connectivity index is 2.37. The van der Waals surface area contributed by atoms with Gasteiger partial charge in [-0.05, 0) is 42.2 Å². The Morgan fingerprint density at radius 3 is 2.87 bits per heavy atom. The summed E-state index contributed by atoms with van der Waals surface area (Å²) in [6.07, 6.45) is 3.20. The van der Waals surface area contributed by atoms with Crippen molar-refractivity contribution in [2.45, 2.75) is 13.3 Å². The maximum atomic E-state index is 8.78. The molecule has 75 valence electrons. The second-order valence-electron chi connectivity index (χ2n) is 3.75. The van der Waals surface area contributed by atoms with E-state index in [1.165, 1.54) is 16.7 Å². The van der Waals surface area contributed by atoms with Crippen LogP contribution in [0.1, 0.15) is 23.1 Å². The van der Waals surface area contributed by atoms with Gasteiger partial charge in [0.2, 0.25) is 0 Å². The summed E-state index contributed by atoms with van der Waals surface area (Å²) in [4.78, 5) is 0. The van der Waals surface area contributed by atoms with E-state index >= 15 is 0 Å². The SMILES string of the molecule is Cc1cc(C#N)ccc1C1=CC[N]CC1. The molecule has 15 heavy (non-hydrogen) atoms. The average Bonchev–Trinajstić information content (AvgIpc) is 2.30. The van der Waals surface area contributed by atoms with E-state index in [0.717, 1.165) is 25.1 Å². The maximum Gasteiger partial charge on any atom is 0.0991 e. The fraction of sp³-hybridized carbons (Fsp3) is 0.308. The molecule has 2 heteroatoms. The van der Waals surface area contributed by atoms with Crippen molar-refractivity contribution in [2.75, 3.05) is 13.1 Å². The van der Waals surface area contributed by atoms with Crippen molar-refractivity contribution in [3.05, 3.63) is 41.0 Å². The molecule has 1 aliphatic heterocycles. The second kappa shape index (κ2) is 4.29. The molecule has 0 fully saturated rings. The third-order valence-electron chi connectivity index (χ3n) is 2.71. The minimum Gasteiger partial charge on any atom is -0.237 e. The van der Waals surface area contributed by atoms with Gasteiger partial charge < -0.3 is 0 Å². The number of hydrogen-bond acceptors (Lipinski definition) is 1. The average molecular weight is 197 g/mol. The molecule has 0 saturated carbocycles. The highest BCUT2D eigenvalue weighted by Crippen LogP contribution is 2.23. The van der Waals surface area contributed by atoms with Crippen LogP contribution in [0, 0.1) is 18.3 Å². The Hall–Kier alpha value is -1.59. The van der Waals surface area contributed by atoms with Gasteiger partial charge >= 0.3 is 0 Å². The van der Waals surface area contributed by atoms with Crippen molar-refractivity contribution >= 4 is 5.57 Å². The normalized spacial score (nSPS) is 15.6. The first kappa shape index (κ1) is 9.95. The third kappa shape index (κ3) is 2.08. The Morgan fingerprint density at radius 2 is 2.27 bits per heavy atom. The van der Waals surface area contributed by atoms with E-state index in [1.54, 1.807) is 0 Å². The number of rotatable bonds is 1. The molecule has 0 spiro atoms.